The Labute approximate surface area is 225 Å². The highest BCUT2D eigenvalue weighted by Crippen LogP contribution is 2.29. The van der Waals surface area contributed by atoms with E-state index < -0.39 is 33.4 Å². The molecular formula is C29H26F3N3O3S. The number of benzene rings is 4. The zero-order valence-corrected chi connectivity index (χ0v) is 22.1. The molecule has 1 N–H and O–H groups in total. The van der Waals surface area contributed by atoms with Crippen LogP contribution in [0.25, 0.3) is 0 Å². The van der Waals surface area contributed by atoms with Gasteiger partial charge < -0.3 is 10.2 Å². The Morgan fingerprint density at radius 2 is 1.41 bits per heavy atom. The van der Waals surface area contributed by atoms with E-state index in [0.717, 1.165) is 18.2 Å². The number of hydrogen-bond donors (Lipinski definition) is 1. The van der Waals surface area contributed by atoms with Crippen molar-refractivity contribution < 1.29 is 26.4 Å². The molecule has 0 heterocycles. The summed E-state index contributed by atoms with van der Waals surface area (Å²) in [5.74, 6) is -2.10. The van der Waals surface area contributed by atoms with Crippen molar-refractivity contribution in [3.63, 3.8) is 0 Å². The Balaban J connectivity index is 1.71. The largest absolute Gasteiger partial charge is 0.377 e. The first-order chi connectivity index (χ1) is 18.5. The molecule has 6 nitrogen and oxygen atoms in total. The number of carbonyl (C=O) groups is 1. The molecule has 202 valence electrons. The second-order valence-electron chi connectivity index (χ2n) is 9.06. The van der Waals surface area contributed by atoms with Gasteiger partial charge in [-0.1, -0.05) is 18.2 Å². The molecule has 1 amide bonds. The quantitative estimate of drug-likeness (QED) is 0.284. The monoisotopic (exact) mass is 553 g/mol. The van der Waals surface area contributed by atoms with Gasteiger partial charge in [-0.05, 0) is 83.9 Å². The topological polar surface area (TPSA) is 69.7 Å². The molecule has 0 aliphatic rings. The molecule has 0 aromatic heterocycles. The van der Waals surface area contributed by atoms with Crippen LogP contribution in [0.2, 0.25) is 0 Å². The van der Waals surface area contributed by atoms with Crippen LogP contribution in [0.1, 0.15) is 21.5 Å². The molecule has 0 radical (unpaired) electrons. The van der Waals surface area contributed by atoms with Gasteiger partial charge in [-0.25, -0.2) is 21.6 Å². The number of sulfonamides is 1. The van der Waals surface area contributed by atoms with E-state index >= 15 is 0 Å². The summed E-state index contributed by atoms with van der Waals surface area (Å²) in [6, 6.07) is 20.3. The zero-order chi connectivity index (χ0) is 28.2. The van der Waals surface area contributed by atoms with E-state index in [1.54, 1.807) is 37.2 Å². The predicted molar refractivity (Wildman–Crippen MR) is 144 cm³/mol. The van der Waals surface area contributed by atoms with Crippen LogP contribution >= 0.6 is 0 Å². The first-order valence-electron chi connectivity index (χ1n) is 11.9. The minimum absolute atomic E-state index is 0.0905. The summed E-state index contributed by atoms with van der Waals surface area (Å²) in [5.41, 5.74) is 2.31. The van der Waals surface area contributed by atoms with Crippen molar-refractivity contribution in [2.24, 2.45) is 0 Å². The second kappa shape index (κ2) is 11.7. The van der Waals surface area contributed by atoms with Crippen LogP contribution in [-0.4, -0.2) is 32.7 Å². The Bertz CT molecular complexity index is 1580. The smallest absolute Gasteiger partial charge is 0.255 e. The highest BCUT2D eigenvalue weighted by Gasteiger charge is 2.26. The van der Waals surface area contributed by atoms with Crippen LogP contribution in [-0.2, 0) is 23.1 Å². The molecule has 39 heavy (non-hydrogen) atoms. The maximum absolute atomic E-state index is 13.7. The number of amides is 1. The normalized spacial score (nSPS) is 11.4. The lowest BCUT2D eigenvalue weighted by Gasteiger charge is -2.26. The van der Waals surface area contributed by atoms with Gasteiger partial charge in [0.2, 0.25) is 10.0 Å². The number of carbonyl (C=O) groups excluding carboxylic acids is 1. The van der Waals surface area contributed by atoms with E-state index in [0.29, 0.717) is 22.5 Å². The molecule has 0 saturated carbocycles. The van der Waals surface area contributed by atoms with Gasteiger partial charge in [0.25, 0.3) is 5.91 Å². The standard InChI is InChI=1S/C29H26F3N3O3S/c1-34(2)28-15-12-26(33-29(36)21-4-3-5-25(32)16-21)17-22(28)19-35(18-20-6-8-23(30)9-7-20)39(37,38)27-13-10-24(31)11-14-27/h3-17H,18-19H2,1-2H3,(H,33,36). The molecule has 4 aromatic rings. The molecule has 0 spiro atoms. The predicted octanol–water partition coefficient (Wildman–Crippen LogP) is 5.81. The number of rotatable bonds is 9. The third kappa shape index (κ3) is 6.84. The SMILES string of the molecule is CN(C)c1ccc(NC(=O)c2cccc(F)c2)cc1CN(Cc1ccc(F)cc1)S(=O)(=O)c1ccc(F)cc1. The summed E-state index contributed by atoms with van der Waals surface area (Å²) in [6.45, 7) is -0.207. The Hall–Kier alpha value is -4.15. The number of nitrogens with one attached hydrogen (secondary N) is 1. The molecule has 0 bridgehead atoms. The zero-order valence-electron chi connectivity index (χ0n) is 21.2. The van der Waals surface area contributed by atoms with E-state index in [1.807, 2.05) is 0 Å². The van der Waals surface area contributed by atoms with Gasteiger partial charge in [0.1, 0.15) is 17.5 Å². The van der Waals surface area contributed by atoms with Crippen LogP contribution in [0.15, 0.2) is 95.9 Å². The van der Waals surface area contributed by atoms with E-state index in [9.17, 15) is 26.4 Å². The van der Waals surface area contributed by atoms with Crippen molar-refractivity contribution in [2.45, 2.75) is 18.0 Å². The lowest BCUT2D eigenvalue weighted by Crippen LogP contribution is -2.31. The molecule has 0 aliphatic heterocycles. The van der Waals surface area contributed by atoms with Crippen molar-refractivity contribution >= 4 is 27.3 Å². The van der Waals surface area contributed by atoms with Gasteiger partial charge >= 0.3 is 0 Å². The summed E-state index contributed by atoms with van der Waals surface area (Å²) < 4.78 is 69.2. The fourth-order valence-corrected chi connectivity index (χ4v) is 5.43. The van der Waals surface area contributed by atoms with Gasteiger partial charge in [-0.15, -0.1) is 0 Å². The fraction of sp³-hybridized carbons (Fsp3) is 0.138. The summed E-state index contributed by atoms with van der Waals surface area (Å²) in [7, 11) is -0.537. The summed E-state index contributed by atoms with van der Waals surface area (Å²) >= 11 is 0. The molecule has 10 heteroatoms. The van der Waals surface area contributed by atoms with Gasteiger partial charge in [-0.3, -0.25) is 4.79 Å². The molecule has 0 saturated heterocycles. The Morgan fingerprint density at radius 3 is 2.03 bits per heavy atom. The van der Waals surface area contributed by atoms with Crippen molar-refractivity contribution in [3.8, 4) is 0 Å². The number of anilines is 2. The molecule has 0 aliphatic carbocycles. The molecular weight excluding hydrogens is 527 g/mol. The number of nitrogens with zero attached hydrogens (tertiary/aromatic N) is 2. The molecule has 4 aromatic carbocycles. The maximum atomic E-state index is 13.7. The summed E-state index contributed by atoms with van der Waals surface area (Å²) in [6.07, 6.45) is 0. The van der Waals surface area contributed by atoms with Crippen LogP contribution in [0.5, 0.6) is 0 Å². The fourth-order valence-electron chi connectivity index (χ4n) is 4.02. The van der Waals surface area contributed by atoms with Gasteiger partial charge in [-0.2, -0.15) is 4.31 Å². The van der Waals surface area contributed by atoms with Crippen molar-refractivity contribution in [2.75, 3.05) is 24.3 Å². The summed E-state index contributed by atoms with van der Waals surface area (Å²) in [4.78, 5) is 14.4. The van der Waals surface area contributed by atoms with E-state index in [2.05, 4.69) is 5.32 Å². The third-order valence-electron chi connectivity index (χ3n) is 5.98. The minimum atomic E-state index is -4.13. The van der Waals surface area contributed by atoms with Crippen LogP contribution in [0, 0.1) is 17.5 Å². The van der Waals surface area contributed by atoms with E-state index in [-0.39, 0.29) is 23.5 Å². The van der Waals surface area contributed by atoms with E-state index in [1.165, 1.54) is 58.9 Å². The average molecular weight is 554 g/mol. The number of hydrogen-bond acceptors (Lipinski definition) is 4. The Morgan fingerprint density at radius 1 is 0.769 bits per heavy atom. The van der Waals surface area contributed by atoms with Crippen LogP contribution in [0.3, 0.4) is 0 Å². The molecule has 0 atom stereocenters. The lowest BCUT2D eigenvalue weighted by atomic mass is 10.1. The molecule has 0 unspecified atom stereocenters. The van der Waals surface area contributed by atoms with Crippen LogP contribution in [0.4, 0.5) is 24.5 Å². The number of halogens is 3. The maximum Gasteiger partial charge on any atom is 0.255 e. The average Bonchev–Trinajstić information content (AvgIpc) is 2.89. The van der Waals surface area contributed by atoms with Crippen molar-refractivity contribution in [3.05, 3.63) is 125 Å². The van der Waals surface area contributed by atoms with Gasteiger partial charge in [0.05, 0.1) is 4.90 Å². The second-order valence-corrected chi connectivity index (χ2v) is 11.0. The van der Waals surface area contributed by atoms with Crippen molar-refractivity contribution in [1.82, 2.24) is 4.31 Å². The summed E-state index contributed by atoms with van der Waals surface area (Å²) in [5, 5.41) is 2.72. The molecule has 0 fully saturated rings. The Kier molecular flexibility index (Phi) is 8.37. The first-order valence-corrected chi connectivity index (χ1v) is 13.3. The third-order valence-corrected chi connectivity index (χ3v) is 7.78. The van der Waals surface area contributed by atoms with Crippen LogP contribution < -0.4 is 10.2 Å². The van der Waals surface area contributed by atoms with Crippen molar-refractivity contribution in [1.29, 1.82) is 0 Å². The lowest BCUT2D eigenvalue weighted by molar-refractivity contribution is 0.102. The first kappa shape index (κ1) is 27.9. The minimum Gasteiger partial charge on any atom is -0.377 e. The van der Waals surface area contributed by atoms with Gasteiger partial charge in [0.15, 0.2) is 0 Å². The highest BCUT2D eigenvalue weighted by molar-refractivity contribution is 7.89. The highest BCUT2D eigenvalue weighted by atomic mass is 32.2. The van der Waals surface area contributed by atoms with Gasteiger partial charge in [0, 0.05) is 44.1 Å². The molecule has 4 rings (SSSR count). The van der Waals surface area contributed by atoms with E-state index in [4.69, 9.17) is 0 Å².